The summed E-state index contributed by atoms with van der Waals surface area (Å²) >= 11 is 0. The van der Waals surface area contributed by atoms with E-state index in [0.29, 0.717) is 13.2 Å². The van der Waals surface area contributed by atoms with Crippen molar-refractivity contribution in [2.75, 3.05) is 46.5 Å². The Kier molecular flexibility index (Phi) is 5.45. The first-order valence-corrected chi connectivity index (χ1v) is 9.37. The lowest BCUT2D eigenvalue weighted by molar-refractivity contribution is 0.120. The molecule has 2 heterocycles. The van der Waals surface area contributed by atoms with Crippen LogP contribution in [0, 0.1) is 5.82 Å². The molecule has 0 saturated carbocycles. The summed E-state index contributed by atoms with van der Waals surface area (Å²) in [7, 11) is 1.69. The molecule has 0 atom stereocenters. The predicted octanol–water partition coefficient (Wildman–Crippen LogP) is 2.92. The van der Waals surface area contributed by atoms with Gasteiger partial charge in [-0.3, -0.25) is 9.80 Å². The lowest BCUT2D eigenvalue weighted by atomic mass is 10.1. The van der Waals surface area contributed by atoms with Gasteiger partial charge in [-0.1, -0.05) is 12.1 Å². The number of ether oxygens (including phenoxy) is 3. The Bertz CT molecular complexity index is 791. The van der Waals surface area contributed by atoms with Gasteiger partial charge in [0.1, 0.15) is 24.8 Å². The highest BCUT2D eigenvalue weighted by Crippen LogP contribution is 2.37. The van der Waals surface area contributed by atoms with Crippen molar-refractivity contribution in [2.24, 2.45) is 0 Å². The van der Waals surface area contributed by atoms with Gasteiger partial charge in [-0.25, -0.2) is 4.39 Å². The van der Waals surface area contributed by atoms with E-state index < -0.39 is 0 Å². The van der Waals surface area contributed by atoms with E-state index in [1.54, 1.807) is 19.2 Å². The zero-order valence-corrected chi connectivity index (χ0v) is 15.6. The number of benzene rings is 2. The minimum Gasteiger partial charge on any atom is -0.496 e. The van der Waals surface area contributed by atoms with Gasteiger partial charge in [0.2, 0.25) is 0 Å². The maximum absolute atomic E-state index is 13.4. The third-order valence-electron chi connectivity index (χ3n) is 5.10. The number of hydrogen-bond acceptors (Lipinski definition) is 5. The molecule has 6 heteroatoms. The molecule has 0 N–H and O–H groups in total. The fourth-order valence-corrected chi connectivity index (χ4v) is 3.67. The molecule has 0 radical (unpaired) electrons. The van der Waals surface area contributed by atoms with Gasteiger partial charge in [-0.05, 0) is 23.8 Å². The quantitative estimate of drug-likeness (QED) is 0.806. The molecular formula is C21H25FN2O3. The van der Waals surface area contributed by atoms with Crippen LogP contribution in [0.25, 0.3) is 0 Å². The fraction of sp³-hybridized carbons (Fsp3) is 0.429. The third-order valence-corrected chi connectivity index (χ3v) is 5.10. The van der Waals surface area contributed by atoms with E-state index in [1.807, 2.05) is 18.2 Å². The zero-order chi connectivity index (χ0) is 18.6. The summed E-state index contributed by atoms with van der Waals surface area (Å²) in [5.74, 6) is 2.21. The van der Waals surface area contributed by atoms with E-state index in [2.05, 4.69) is 9.80 Å². The van der Waals surface area contributed by atoms with Gasteiger partial charge in [0.05, 0.1) is 7.11 Å². The van der Waals surface area contributed by atoms with Crippen molar-refractivity contribution in [1.82, 2.24) is 9.80 Å². The second-order valence-corrected chi connectivity index (χ2v) is 6.99. The Morgan fingerprint density at radius 3 is 2.26 bits per heavy atom. The van der Waals surface area contributed by atoms with Crippen LogP contribution in [0.5, 0.6) is 17.2 Å². The summed E-state index contributed by atoms with van der Waals surface area (Å²) in [6, 6.07) is 10.8. The van der Waals surface area contributed by atoms with Crippen molar-refractivity contribution in [3.05, 3.63) is 53.3 Å². The zero-order valence-electron chi connectivity index (χ0n) is 15.6. The van der Waals surface area contributed by atoms with Crippen LogP contribution in [0.15, 0.2) is 36.4 Å². The maximum atomic E-state index is 13.4. The number of nitrogens with zero attached hydrogens (tertiary/aromatic N) is 2. The number of rotatable bonds is 5. The Balaban J connectivity index is 1.36. The van der Waals surface area contributed by atoms with Crippen molar-refractivity contribution >= 4 is 0 Å². The number of methoxy groups -OCH3 is 1. The minimum atomic E-state index is -0.170. The van der Waals surface area contributed by atoms with Crippen molar-refractivity contribution in [1.29, 1.82) is 0 Å². The highest BCUT2D eigenvalue weighted by Gasteiger charge is 2.21. The van der Waals surface area contributed by atoms with E-state index in [0.717, 1.165) is 67.6 Å². The first-order chi connectivity index (χ1) is 13.2. The molecule has 0 amide bonds. The molecule has 1 saturated heterocycles. The smallest absolute Gasteiger partial charge is 0.165 e. The topological polar surface area (TPSA) is 34.2 Å². The molecule has 0 aliphatic carbocycles. The van der Waals surface area contributed by atoms with Crippen LogP contribution in [-0.2, 0) is 13.1 Å². The van der Waals surface area contributed by atoms with Crippen molar-refractivity contribution in [3.63, 3.8) is 0 Å². The molecule has 4 rings (SSSR count). The van der Waals surface area contributed by atoms with Gasteiger partial charge in [0.15, 0.2) is 11.5 Å². The Morgan fingerprint density at radius 1 is 0.926 bits per heavy atom. The Hall–Kier alpha value is -2.31. The molecule has 144 valence electrons. The first-order valence-electron chi connectivity index (χ1n) is 9.37. The van der Waals surface area contributed by atoms with Gasteiger partial charge >= 0.3 is 0 Å². The number of hydrogen-bond donors (Lipinski definition) is 0. The summed E-state index contributed by atoms with van der Waals surface area (Å²) in [5.41, 5.74) is 2.14. The highest BCUT2D eigenvalue weighted by atomic mass is 19.1. The highest BCUT2D eigenvalue weighted by molar-refractivity contribution is 5.51. The standard InChI is InChI=1S/C21H25FN2O3/c1-25-19-13-21-20(26-9-10-27-21)12-17(19)15-24-7-5-23(6-8-24)14-16-3-2-4-18(22)11-16/h2-4,11-13H,5-10,14-15H2,1H3. The predicted molar refractivity (Wildman–Crippen MR) is 101 cm³/mol. The lowest BCUT2D eigenvalue weighted by Gasteiger charge is -2.35. The fourth-order valence-electron chi connectivity index (χ4n) is 3.67. The van der Waals surface area contributed by atoms with E-state index in [9.17, 15) is 4.39 Å². The van der Waals surface area contributed by atoms with Gasteiger partial charge in [-0.2, -0.15) is 0 Å². The van der Waals surface area contributed by atoms with Gasteiger partial charge in [0.25, 0.3) is 0 Å². The molecule has 5 nitrogen and oxygen atoms in total. The summed E-state index contributed by atoms with van der Waals surface area (Å²) in [4.78, 5) is 4.78. The van der Waals surface area contributed by atoms with Crippen molar-refractivity contribution in [2.45, 2.75) is 13.1 Å². The third kappa shape index (κ3) is 4.34. The van der Waals surface area contributed by atoms with E-state index >= 15 is 0 Å². The average molecular weight is 372 g/mol. The molecule has 2 aliphatic rings. The summed E-state index contributed by atoms with van der Waals surface area (Å²) < 4.78 is 30.3. The van der Waals surface area contributed by atoms with Crippen LogP contribution >= 0.6 is 0 Å². The van der Waals surface area contributed by atoms with E-state index in [4.69, 9.17) is 14.2 Å². The van der Waals surface area contributed by atoms with Crippen LogP contribution in [0.4, 0.5) is 4.39 Å². The summed E-state index contributed by atoms with van der Waals surface area (Å²) in [6.07, 6.45) is 0. The molecular weight excluding hydrogens is 347 g/mol. The molecule has 0 bridgehead atoms. The normalized spacial score (nSPS) is 17.7. The first kappa shape index (κ1) is 18.1. The molecule has 2 aromatic rings. The van der Waals surface area contributed by atoms with Crippen LogP contribution in [0.2, 0.25) is 0 Å². The maximum Gasteiger partial charge on any atom is 0.165 e. The number of piperazine rings is 1. The molecule has 2 aromatic carbocycles. The van der Waals surface area contributed by atoms with E-state index in [-0.39, 0.29) is 5.82 Å². The lowest BCUT2D eigenvalue weighted by Crippen LogP contribution is -2.45. The van der Waals surface area contributed by atoms with Gasteiger partial charge < -0.3 is 14.2 Å². The largest absolute Gasteiger partial charge is 0.496 e. The second-order valence-electron chi connectivity index (χ2n) is 6.99. The van der Waals surface area contributed by atoms with Crippen LogP contribution in [-0.4, -0.2) is 56.3 Å². The molecule has 0 aromatic heterocycles. The van der Waals surface area contributed by atoms with Crippen LogP contribution in [0.3, 0.4) is 0 Å². The minimum absolute atomic E-state index is 0.170. The SMILES string of the molecule is COc1cc2c(cc1CN1CCN(Cc3cccc(F)c3)CC1)OCCO2. The molecule has 0 unspecified atom stereocenters. The van der Waals surface area contributed by atoms with Gasteiger partial charge in [-0.15, -0.1) is 0 Å². The monoisotopic (exact) mass is 372 g/mol. The molecule has 27 heavy (non-hydrogen) atoms. The Morgan fingerprint density at radius 2 is 1.59 bits per heavy atom. The average Bonchev–Trinajstić information content (AvgIpc) is 2.69. The van der Waals surface area contributed by atoms with Crippen LogP contribution < -0.4 is 14.2 Å². The Labute approximate surface area is 159 Å². The molecule has 0 spiro atoms. The molecule has 2 aliphatic heterocycles. The van der Waals surface area contributed by atoms with Gasteiger partial charge in [0, 0.05) is 50.9 Å². The van der Waals surface area contributed by atoms with Crippen LogP contribution in [0.1, 0.15) is 11.1 Å². The van der Waals surface area contributed by atoms with Crippen molar-refractivity contribution < 1.29 is 18.6 Å². The molecule has 1 fully saturated rings. The number of halogens is 1. The summed E-state index contributed by atoms with van der Waals surface area (Å²) in [6.45, 7) is 6.61. The summed E-state index contributed by atoms with van der Waals surface area (Å²) in [5, 5.41) is 0. The van der Waals surface area contributed by atoms with E-state index in [1.165, 1.54) is 6.07 Å². The second kappa shape index (κ2) is 8.15. The van der Waals surface area contributed by atoms with Crippen molar-refractivity contribution in [3.8, 4) is 17.2 Å². The number of fused-ring (bicyclic) bond motifs is 1.